The van der Waals surface area contributed by atoms with E-state index in [9.17, 15) is 0 Å². The Balaban J connectivity index is 2.75. The Morgan fingerprint density at radius 3 is 2.71 bits per heavy atom. The zero-order valence-electron chi connectivity index (χ0n) is 7.73. The molecular weight excluding hydrogens is 180 g/mol. The van der Waals surface area contributed by atoms with Crippen molar-refractivity contribution in [2.45, 2.75) is 13.3 Å². The molecule has 2 aromatic rings. The van der Waals surface area contributed by atoms with Gasteiger partial charge in [0, 0.05) is 6.20 Å². The van der Waals surface area contributed by atoms with E-state index >= 15 is 0 Å². The first kappa shape index (κ1) is 8.61. The predicted octanol–water partition coefficient (Wildman–Crippen LogP) is 0.147. The van der Waals surface area contributed by atoms with Crippen LogP contribution in [0, 0.1) is 0 Å². The first-order chi connectivity index (χ1) is 6.70. The summed E-state index contributed by atoms with van der Waals surface area (Å²) in [6.07, 6.45) is 2.46. The lowest BCUT2D eigenvalue weighted by molar-refractivity contribution is 1.01. The lowest BCUT2D eigenvalue weighted by Gasteiger charge is -2.01. The standard InChI is InChI=1S/C8H10N6/c1-2-4-3-11-5-6(9)13-8(10)14-7(5)12-4/h3H,2H2,1H3,(H4,9,10,12,13,14). The summed E-state index contributed by atoms with van der Waals surface area (Å²) in [5.74, 6) is 0.389. The highest BCUT2D eigenvalue weighted by Crippen LogP contribution is 2.14. The number of nitrogen functional groups attached to an aromatic ring is 2. The van der Waals surface area contributed by atoms with Gasteiger partial charge in [0.05, 0.1) is 5.69 Å². The molecule has 72 valence electrons. The smallest absolute Gasteiger partial charge is 0.224 e. The number of aromatic nitrogens is 4. The highest BCUT2D eigenvalue weighted by molar-refractivity contribution is 5.81. The molecule has 0 fully saturated rings. The second-order valence-corrected chi connectivity index (χ2v) is 2.85. The maximum atomic E-state index is 5.61. The largest absolute Gasteiger partial charge is 0.382 e. The fourth-order valence-electron chi connectivity index (χ4n) is 1.15. The van der Waals surface area contributed by atoms with E-state index in [1.807, 2.05) is 6.92 Å². The van der Waals surface area contributed by atoms with Gasteiger partial charge in [0.2, 0.25) is 5.95 Å². The minimum atomic E-state index is 0.123. The lowest BCUT2D eigenvalue weighted by atomic mass is 10.3. The van der Waals surface area contributed by atoms with E-state index in [1.54, 1.807) is 6.20 Å². The maximum absolute atomic E-state index is 5.61. The van der Waals surface area contributed by atoms with E-state index in [4.69, 9.17) is 11.5 Å². The van der Waals surface area contributed by atoms with Crippen LogP contribution in [0.1, 0.15) is 12.6 Å². The summed E-state index contributed by atoms with van der Waals surface area (Å²) in [4.78, 5) is 16.1. The minimum absolute atomic E-state index is 0.123. The molecule has 0 spiro atoms. The Morgan fingerprint density at radius 1 is 1.21 bits per heavy atom. The van der Waals surface area contributed by atoms with Gasteiger partial charge in [0.15, 0.2) is 11.5 Å². The number of hydrogen-bond donors (Lipinski definition) is 2. The molecule has 0 saturated carbocycles. The zero-order valence-corrected chi connectivity index (χ0v) is 7.73. The summed E-state index contributed by atoms with van der Waals surface area (Å²) in [6.45, 7) is 1.99. The summed E-state index contributed by atoms with van der Waals surface area (Å²) < 4.78 is 0. The van der Waals surface area contributed by atoms with Gasteiger partial charge < -0.3 is 11.5 Å². The second-order valence-electron chi connectivity index (χ2n) is 2.85. The molecule has 0 saturated heterocycles. The molecule has 6 heteroatoms. The third-order valence-corrected chi connectivity index (χ3v) is 1.86. The van der Waals surface area contributed by atoms with Crippen LogP contribution >= 0.6 is 0 Å². The third-order valence-electron chi connectivity index (χ3n) is 1.86. The summed E-state index contributed by atoms with van der Waals surface area (Å²) >= 11 is 0. The average molecular weight is 190 g/mol. The van der Waals surface area contributed by atoms with Crippen molar-refractivity contribution in [2.24, 2.45) is 0 Å². The molecule has 0 atom stereocenters. The number of hydrogen-bond acceptors (Lipinski definition) is 6. The number of nitrogens with zero attached hydrogens (tertiary/aromatic N) is 4. The van der Waals surface area contributed by atoms with Gasteiger partial charge >= 0.3 is 0 Å². The van der Waals surface area contributed by atoms with Gasteiger partial charge in [-0.25, -0.2) is 9.97 Å². The Hall–Kier alpha value is -1.98. The van der Waals surface area contributed by atoms with Crippen molar-refractivity contribution in [3.63, 3.8) is 0 Å². The molecule has 0 bridgehead atoms. The van der Waals surface area contributed by atoms with Crippen LogP contribution in [-0.2, 0) is 6.42 Å². The van der Waals surface area contributed by atoms with Crippen LogP contribution in [0.2, 0.25) is 0 Å². The quantitative estimate of drug-likeness (QED) is 0.663. The van der Waals surface area contributed by atoms with Crippen LogP contribution in [0.3, 0.4) is 0 Å². The van der Waals surface area contributed by atoms with Gasteiger partial charge in [-0.1, -0.05) is 6.92 Å². The second kappa shape index (κ2) is 3.06. The van der Waals surface area contributed by atoms with Crippen LogP contribution in [0.25, 0.3) is 11.2 Å². The molecule has 6 nitrogen and oxygen atoms in total. The van der Waals surface area contributed by atoms with Crippen LogP contribution in [0.15, 0.2) is 6.20 Å². The van der Waals surface area contributed by atoms with Crippen LogP contribution in [0.4, 0.5) is 11.8 Å². The van der Waals surface area contributed by atoms with Gasteiger partial charge in [0.25, 0.3) is 0 Å². The summed E-state index contributed by atoms with van der Waals surface area (Å²) in [5.41, 5.74) is 12.9. The Morgan fingerprint density at radius 2 is 2.00 bits per heavy atom. The molecule has 0 radical (unpaired) electrons. The topological polar surface area (TPSA) is 104 Å². The normalized spacial score (nSPS) is 10.6. The number of fused-ring (bicyclic) bond motifs is 1. The van der Waals surface area contributed by atoms with Gasteiger partial charge in [-0.15, -0.1) is 0 Å². The van der Waals surface area contributed by atoms with Crippen LogP contribution in [-0.4, -0.2) is 19.9 Å². The predicted molar refractivity (Wildman–Crippen MR) is 53.3 cm³/mol. The first-order valence-electron chi connectivity index (χ1n) is 4.25. The summed E-state index contributed by atoms with van der Waals surface area (Å²) in [6, 6.07) is 0. The molecule has 2 heterocycles. The van der Waals surface area contributed by atoms with E-state index in [0.29, 0.717) is 11.2 Å². The Labute approximate surface area is 80.4 Å². The van der Waals surface area contributed by atoms with Crippen molar-refractivity contribution >= 4 is 22.9 Å². The van der Waals surface area contributed by atoms with Crippen molar-refractivity contribution in [3.8, 4) is 0 Å². The molecule has 0 unspecified atom stereocenters. The minimum Gasteiger partial charge on any atom is -0.382 e. The van der Waals surface area contributed by atoms with E-state index in [2.05, 4.69) is 19.9 Å². The van der Waals surface area contributed by atoms with E-state index in [0.717, 1.165) is 12.1 Å². The van der Waals surface area contributed by atoms with Crippen molar-refractivity contribution in [1.82, 2.24) is 19.9 Å². The number of aryl methyl sites for hydroxylation is 1. The fraction of sp³-hybridized carbons (Fsp3) is 0.250. The van der Waals surface area contributed by atoms with Crippen molar-refractivity contribution in [2.75, 3.05) is 11.5 Å². The molecule has 0 amide bonds. The lowest BCUT2D eigenvalue weighted by Crippen LogP contribution is -2.04. The highest BCUT2D eigenvalue weighted by atomic mass is 15.1. The van der Waals surface area contributed by atoms with Gasteiger partial charge in [-0.05, 0) is 6.42 Å². The Kier molecular flexibility index (Phi) is 1.88. The number of rotatable bonds is 1. The van der Waals surface area contributed by atoms with E-state index in [-0.39, 0.29) is 11.8 Å². The van der Waals surface area contributed by atoms with Crippen molar-refractivity contribution < 1.29 is 0 Å². The molecule has 4 N–H and O–H groups in total. The molecule has 0 aliphatic rings. The molecule has 14 heavy (non-hydrogen) atoms. The zero-order chi connectivity index (χ0) is 10.1. The number of nitrogens with two attached hydrogens (primary N) is 2. The van der Waals surface area contributed by atoms with Gasteiger partial charge in [-0.3, -0.25) is 0 Å². The SMILES string of the molecule is CCc1cnc2c(N)nc(N)nc2n1. The average Bonchev–Trinajstić information content (AvgIpc) is 2.16. The Bertz CT molecular complexity index is 480. The van der Waals surface area contributed by atoms with E-state index < -0.39 is 0 Å². The molecule has 0 aromatic carbocycles. The first-order valence-corrected chi connectivity index (χ1v) is 4.25. The summed E-state index contributed by atoms with van der Waals surface area (Å²) in [5, 5.41) is 0. The molecule has 0 aliphatic carbocycles. The maximum Gasteiger partial charge on any atom is 0.224 e. The molecule has 2 aromatic heterocycles. The third kappa shape index (κ3) is 1.30. The molecular formula is C8H10N6. The van der Waals surface area contributed by atoms with Crippen LogP contribution < -0.4 is 11.5 Å². The van der Waals surface area contributed by atoms with Crippen molar-refractivity contribution in [1.29, 1.82) is 0 Å². The van der Waals surface area contributed by atoms with Gasteiger partial charge in [0.1, 0.15) is 5.52 Å². The van der Waals surface area contributed by atoms with Gasteiger partial charge in [-0.2, -0.15) is 9.97 Å². The monoisotopic (exact) mass is 190 g/mol. The summed E-state index contributed by atoms with van der Waals surface area (Å²) in [7, 11) is 0. The molecule has 0 aliphatic heterocycles. The van der Waals surface area contributed by atoms with E-state index in [1.165, 1.54) is 0 Å². The van der Waals surface area contributed by atoms with Crippen molar-refractivity contribution in [3.05, 3.63) is 11.9 Å². The fourth-order valence-corrected chi connectivity index (χ4v) is 1.15. The molecule has 2 rings (SSSR count). The van der Waals surface area contributed by atoms with Crippen LogP contribution in [0.5, 0.6) is 0 Å². The number of anilines is 2. The highest BCUT2D eigenvalue weighted by Gasteiger charge is 2.05.